The third-order valence-corrected chi connectivity index (χ3v) is 5.33. The fraction of sp³-hybridized carbons (Fsp3) is 0.333. The number of benzene rings is 1. The number of ether oxygens (including phenoxy) is 1. The van der Waals surface area contributed by atoms with E-state index in [2.05, 4.69) is 5.32 Å². The molecule has 1 aromatic carbocycles. The van der Waals surface area contributed by atoms with Gasteiger partial charge in [-0.25, -0.2) is 0 Å². The number of nitro benzene ring substituents is 1. The Kier molecular flexibility index (Phi) is 6.09. The highest BCUT2D eigenvalue weighted by atomic mass is 32.1. The summed E-state index contributed by atoms with van der Waals surface area (Å²) in [6.45, 7) is 1.83. The maximum Gasteiger partial charge on any atom is 0.271 e. The number of nitrogens with one attached hydrogen (secondary N) is 1. The summed E-state index contributed by atoms with van der Waals surface area (Å²) in [5.74, 6) is 0.267. The van der Waals surface area contributed by atoms with E-state index in [1.807, 2.05) is 11.4 Å². The third kappa shape index (κ3) is 4.39. The van der Waals surface area contributed by atoms with Gasteiger partial charge < -0.3 is 19.9 Å². The first-order chi connectivity index (χ1) is 13.5. The summed E-state index contributed by atoms with van der Waals surface area (Å²) in [4.78, 5) is 39.4. The second kappa shape index (κ2) is 8.70. The second-order valence-electron chi connectivity index (χ2n) is 6.15. The van der Waals surface area contributed by atoms with Crippen LogP contribution in [-0.4, -0.2) is 66.4 Å². The Morgan fingerprint density at radius 3 is 2.54 bits per heavy atom. The molecule has 1 aliphatic rings. The summed E-state index contributed by atoms with van der Waals surface area (Å²) in [7, 11) is 1.46. The lowest BCUT2D eigenvalue weighted by atomic mass is 10.2. The van der Waals surface area contributed by atoms with Crippen LogP contribution < -0.4 is 10.1 Å². The molecule has 0 aliphatic carbocycles. The SMILES string of the molecule is COc1ccc([N+](=O)[O-])cc1NCC(=O)N1CCN(C(=O)c2cccs2)CC1. The van der Waals surface area contributed by atoms with Crippen LogP contribution in [0.5, 0.6) is 5.75 Å². The van der Waals surface area contributed by atoms with Crippen molar-refractivity contribution in [1.29, 1.82) is 0 Å². The molecule has 0 bridgehead atoms. The van der Waals surface area contributed by atoms with E-state index in [0.29, 0.717) is 42.5 Å². The molecule has 0 saturated carbocycles. The van der Waals surface area contributed by atoms with E-state index < -0.39 is 4.92 Å². The molecule has 10 heteroatoms. The van der Waals surface area contributed by atoms with Crippen molar-refractivity contribution in [3.05, 3.63) is 50.7 Å². The number of thiophene rings is 1. The summed E-state index contributed by atoms with van der Waals surface area (Å²) in [6.07, 6.45) is 0. The fourth-order valence-electron chi connectivity index (χ4n) is 2.95. The van der Waals surface area contributed by atoms with E-state index in [9.17, 15) is 19.7 Å². The molecule has 2 heterocycles. The quantitative estimate of drug-likeness (QED) is 0.584. The predicted molar refractivity (Wildman–Crippen MR) is 105 cm³/mol. The van der Waals surface area contributed by atoms with E-state index in [4.69, 9.17) is 4.74 Å². The van der Waals surface area contributed by atoms with Crippen molar-refractivity contribution >= 4 is 34.5 Å². The molecule has 1 N–H and O–H groups in total. The molecule has 2 aromatic rings. The van der Waals surface area contributed by atoms with Gasteiger partial charge >= 0.3 is 0 Å². The lowest BCUT2D eigenvalue weighted by Crippen LogP contribution is -2.51. The molecular weight excluding hydrogens is 384 g/mol. The van der Waals surface area contributed by atoms with Gasteiger partial charge in [-0.1, -0.05) is 6.07 Å². The Labute approximate surface area is 165 Å². The first kappa shape index (κ1) is 19.6. The fourth-order valence-corrected chi connectivity index (χ4v) is 3.64. The Morgan fingerprint density at radius 1 is 1.21 bits per heavy atom. The monoisotopic (exact) mass is 404 g/mol. The van der Waals surface area contributed by atoms with Gasteiger partial charge in [0.25, 0.3) is 11.6 Å². The zero-order valence-electron chi connectivity index (χ0n) is 15.3. The van der Waals surface area contributed by atoms with Gasteiger partial charge in [-0.3, -0.25) is 19.7 Å². The van der Waals surface area contributed by atoms with Gasteiger partial charge in [-0.2, -0.15) is 0 Å². The molecule has 3 rings (SSSR count). The van der Waals surface area contributed by atoms with Crippen molar-refractivity contribution in [3.8, 4) is 5.75 Å². The normalized spacial score (nSPS) is 13.9. The molecule has 2 amide bonds. The molecule has 28 heavy (non-hydrogen) atoms. The first-order valence-corrected chi connectivity index (χ1v) is 9.54. The molecule has 0 radical (unpaired) electrons. The molecule has 1 saturated heterocycles. The number of non-ortho nitro benzene ring substituents is 1. The van der Waals surface area contributed by atoms with Gasteiger partial charge in [0, 0.05) is 38.3 Å². The zero-order chi connectivity index (χ0) is 20.1. The van der Waals surface area contributed by atoms with E-state index in [-0.39, 0.29) is 24.0 Å². The van der Waals surface area contributed by atoms with Crippen molar-refractivity contribution in [2.75, 3.05) is 45.2 Å². The summed E-state index contributed by atoms with van der Waals surface area (Å²) < 4.78 is 5.18. The molecule has 9 nitrogen and oxygen atoms in total. The summed E-state index contributed by atoms with van der Waals surface area (Å²) >= 11 is 1.40. The average molecular weight is 404 g/mol. The minimum atomic E-state index is -0.504. The van der Waals surface area contributed by atoms with Crippen molar-refractivity contribution in [3.63, 3.8) is 0 Å². The van der Waals surface area contributed by atoms with Crippen LogP contribution in [0, 0.1) is 10.1 Å². The smallest absolute Gasteiger partial charge is 0.271 e. The summed E-state index contributed by atoms with van der Waals surface area (Å²) in [5, 5.41) is 15.7. The topological polar surface area (TPSA) is 105 Å². The molecule has 0 spiro atoms. The average Bonchev–Trinajstić information content (AvgIpc) is 3.26. The number of amides is 2. The Balaban J connectivity index is 1.54. The lowest BCUT2D eigenvalue weighted by Gasteiger charge is -2.34. The van der Waals surface area contributed by atoms with Crippen molar-refractivity contribution < 1.29 is 19.2 Å². The van der Waals surface area contributed by atoms with Gasteiger partial charge in [-0.05, 0) is 17.5 Å². The zero-order valence-corrected chi connectivity index (χ0v) is 16.1. The van der Waals surface area contributed by atoms with Gasteiger partial charge in [0.1, 0.15) is 5.75 Å². The second-order valence-corrected chi connectivity index (χ2v) is 7.09. The number of carbonyl (C=O) groups excluding carboxylic acids is 2. The summed E-state index contributed by atoms with van der Waals surface area (Å²) in [5.41, 5.74) is 0.299. The van der Waals surface area contributed by atoms with Crippen LogP contribution in [-0.2, 0) is 4.79 Å². The molecule has 1 fully saturated rings. The number of methoxy groups -OCH3 is 1. The number of anilines is 1. The summed E-state index contributed by atoms with van der Waals surface area (Å²) in [6, 6.07) is 7.80. The van der Waals surface area contributed by atoms with Crippen LogP contribution in [0.3, 0.4) is 0 Å². The minimum Gasteiger partial charge on any atom is -0.495 e. The Hall–Kier alpha value is -3.14. The maximum absolute atomic E-state index is 12.5. The number of hydrogen-bond donors (Lipinski definition) is 1. The first-order valence-electron chi connectivity index (χ1n) is 8.66. The van der Waals surface area contributed by atoms with E-state index >= 15 is 0 Å². The number of piperazine rings is 1. The van der Waals surface area contributed by atoms with Crippen LogP contribution >= 0.6 is 11.3 Å². The van der Waals surface area contributed by atoms with Crippen LogP contribution in [0.1, 0.15) is 9.67 Å². The molecular formula is C18H20N4O5S. The van der Waals surface area contributed by atoms with Crippen molar-refractivity contribution in [1.82, 2.24) is 9.80 Å². The number of rotatable bonds is 6. The number of carbonyl (C=O) groups is 2. The largest absolute Gasteiger partial charge is 0.495 e. The van der Waals surface area contributed by atoms with Crippen molar-refractivity contribution in [2.45, 2.75) is 0 Å². The number of hydrogen-bond acceptors (Lipinski definition) is 7. The maximum atomic E-state index is 12.5. The van der Waals surface area contributed by atoms with Gasteiger partial charge in [0.05, 0.1) is 29.1 Å². The van der Waals surface area contributed by atoms with E-state index in [1.54, 1.807) is 15.9 Å². The highest BCUT2D eigenvalue weighted by Crippen LogP contribution is 2.28. The molecule has 148 valence electrons. The van der Waals surface area contributed by atoms with Crippen LogP contribution in [0.2, 0.25) is 0 Å². The van der Waals surface area contributed by atoms with Crippen molar-refractivity contribution in [2.24, 2.45) is 0 Å². The van der Waals surface area contributed by atoms with E-state index in [0.717, 1.165) is 0 Å². The lowest BCUT2D eigenvalue weighted by molar-refractivity contribution is -0.384. The highest BCUT2D eigenvalue weighted by molar-refractivity contribution is 7.12. The van der Waals surface area contributed by atoms with Crippen LogP contribution in [0.25, 0.3) is 0 Å². The van der Waals surface area contributed by atoms with Crippen LogP contribution in [0.15, 0.2) is 35.7 Å². The minimum absolute atomic E-state index is 0.0124. The predicted octanol–water partition coefficient (Wildman–Crippen LogP) is 2.06. The molecule has 1 aromatic heterocycles. The highest BCUT2D eigenvalue weighted by Gasteiger charge is 2.25. The Morgan fingerprint density at radius 2 is 1.93 bits per heavy atom. The van der Waals surface area contributed by atoms with Gasteiger partial charge in [0.2, 0.25) is 5.91 Å². The molecule has 0 unspecified atom stereocenters. The van der Waals surface area contributed by atoms with Gasteiger partial charge in [0.15, 0.2) is 0 Å². The van der Waals surface area contributed by atoms with Gasteiger partial charge in [-0.15, -0.1) is 11.3 Å². The number of nitro groups is 1. The number of nitrogens with zero attached hydrogens (tertiary/aromatic N) is 3. The van der Waals surface area contributed by atoms with Crippen LogP contribution in [0.4, 0.5) is 11.4 Å². The molecule has 0 atom stereocenters. The third-order valence-electron chi connectivity index (χ3n) is 4.48. The Bertz CT molecular complexity index is 863. The standard InChI is InChI=1S/C18H20N4O5S/c1-27-15-5-4-13(22(25)26)11-14(15)19-12-17(23)20-6-8-21(9-7-20)18(24)16-3-2-10-28-16/h2-5,10-11,19H,6-9,12H2,1H3. The molecule has 1 aliphatic heterocycles. The van der Waals surface area contributed by atoms with E-state index in [1.165, 1.54) is 36.6 Å².